The minimum atomic E-state index is -0.839. The van der Waals surface area contributed by atoms with Crippen molar-refractivity contribution in [1.29, 1.82) is 0 Å². The quantitative estimate of drug-likeness (QED) is 0.731. The second-order valence-corrected chi connectivity index (χ2v) is 4.58. The third kappa shape index (κ3) is 5.39. The number of hydrogen-bond donors (Lipinski definition) is 1. The molecular formula is C10H18O3. The fraction of sp³-hybridized carbons (Fsp3) is 0.800. The van der Waals surface area contributed by atoms with E-state index < -0.39 is 5.97 Å². The maximum atomic E-state index is 11.5. The summed E-state index contributed by atoms with van der Waals surface area (Å²) in [6.45, 7) is 7.34. The van der Waals surface area contributed by atoms with E-state index in [1.165, 1.54) is 0 Å². The fourth-order valence-electron chi connectivity index (χ4n) is 0.993. The van der Waals surface area contributed by atoms with Crippen LogP contribution in [0.4, 0.5) is 0 Å². The van der Waals surface area contributed by atoms with E-state index in [0.717, 1.165) is 0 Å². The van der Waals surface area contributed by atoms with Crippen molar-refractivity contribution in [2.24, 2.45) is 11.3 Å². The molecule has 76 valence electrons. The molecule has 0 aliphatic rings. The largest absolute Gasteiger partial charge is 0.481 e. The third-order valence-electron chi connectivity index (χ3n) is 1.89. The lowest BCUT2D eigenvalue weighted by atomic mass is 9.85. The molecule has 0 rings (SSSR count). The number of aliphatic carboxylic acids is 1. The van der Waals surface area contributed by atoms with E-state index in [9.17, 15) is 9.59 Å². The van der Waals surface area contributed by atoms with Crippen LogP contribution in [0.15, 0.2) is 0 Å². The van der Waals surface area contributed by atoms with Gasteiger partial charge >= 0.3 is 5.97 Å². The number of carbonyl (C=O) groups excluding carboxylic acids is 1. The van der Waals surface area contributed by atoms with Crippen LogP contribution >= 0.6 is 0 Å². The maximum absolute atomic E-state index is 11.5. The van der Waals surface area contributed by atoms with Crippen molar-refractivity contribution in [2.75, 3.05) is 0 Å². The molecule has 1 N–H and O–H groups in total. The lowest BCUT2D eigenvalue weighted by molar-refractivity contribution is -0.138. The van der Waals surface area contributed by atoms with Crippen LogP contribution in [-0.2, 0) is 9.59 Å². The lowest BCUT2D eigenvalue weighted by Crippen LogP contribution is -2.23. The zero-order valence-corrected chi connectivity index (χ0v) is 8.76. The Morgan fingerprint density at radius 3 is 2.00 bits per heavy atom. The molecule has 13 heavy (non-hydrogen) atoms. The molecule has 0 radical (unpaired) electrons. The van der Waals surface area contributed by atoms with E-state index in [1.54, 1.807) is 6.92 Å². The molecule has 0 bridgehead atoms. The molecular weight excluding hydrogens is 168 g/mol. The van der Waals surface area contributed by atoms with Crippen molar-refractivity contribution in [1.82, 2.24) is 0 Å². The molecule has 1 atom stereocenters. The zero-order valence-electron chi connectivity index (χ0n) is 8.76. The Bertz CT molecular complexity index is 201. The van der Waals surface area contributed by atoms with Crippen molar-refractivity contribution in [2.45, 2.75) is 40.5 Å². The van der Waals surface area contributed by atoms with E-state index in [1.807, 2.05) is 20.8 Å². The summed E-state index contributed by atoms with van der Waals surface area (Å²) in [5.41, 5.74) is -0.354. The summed E-state index contributed by atoms with van der Waals surface area (Å²) in [6, 6.07) is 0. The highest BCUT2D eigenvalue weighted by Gasteiger charge is 2.23. The first-order chi connectivity index (χ1) is 5.73. The Morgan fingerprint density at radius 1 is 1.23 bits per heavy atom. The molecule has 1 unspecified atom stereocenters. The number of Topliss-reactive ketones (excluding diaryl/α,β-unsaturated/α-hetero) is 1. The number of rotatable bonds is 4. The highest BCUT2D eigenvalue weighted by molar-refractivity contribution is 5.84. The average Bonchev–Trinajstić information content (AvgIpc) is 1.82. The second-order valence-electron chi connectivity index (χ2n) is 4.58. The van der Waals surface area contributed by atoms with Crippen LogP contribution in [0.3, 0.4) is 0 Å². The Hall–Kier alpha value is -0.860. The Labute approximate surface area is 79.1 Å². The van der Waals surface area contributed by atoms with Gasteiger partial charge in [0.2, 0.25) is 0 Å². The summed E-state index contributed by atoms with van der Waals surface area (Å²) in [4.78, 5) is 21.8. The van der Waals surface area contributed by atoms with Gasteiger partial charge < -0.3 is 5.11 Å². The summed E-state index contributed by atoms with van der Waals surface area (Å²) >= 11 is 0. The van der Waals surface area contributed by atoms with E-state index in [-0.39, 0.29) is 23.5 Å². The van der Waals surface area contributed by atoms with E-state index >= 15 is 0 Å². The Kier molecular flexibility index (Phi) is 4.11. The zero-order chi connectivity index (χ0) is 10.6. The van der Waals surface area contributed by atoms with E-state index in [4.69, 9.17) is 5.11 Å². The van der Waals surface area contributed by atoms with Crippen LogP contribution in [0.1, 0.15) is 40.5 Å². The van der Waals surface area contributed by atoms with Crippen LogP contribution < -0.4 is 0 Å². The normalized spacial score (nSPS) is 13.8. The van der Waals surface area contributed by atoms with Gasteiger partial charge in [0.15, 0.2) is 0 Å². The molecule has 0 aromatic heterocycles. The van der Waals surface area contributed by atoms with Gasteiger partial charge in [-0.2, -0.15) is 0 Å². The number of carboxylic acids is 1. The highest BCUT2D eigenvalue weighted by atomic mass is 16.4. The van der Waals surface area contributed by atoms with Crippen molar-refractivity contribution >= 4 is 11.8 Å². The first kappa shape index (κ1) is 12.1. The SMILES string of the molecule is CC(CC(=O)O)CC(=O)C(C)(C)C. The molecule has 3 heteroatoms. The lowest BCUT2D eigenvalue weighted by Gasteiger charge is -2.18. The third-order valence-corrected chi connectivity index (χ3v) is 1.89. The average molecular weight is 186 g/mol. The van der Waals surface area contributed by atoms with Gasteiger partial charge in [0.1, 0.15) is 5.78 Å². The summed E-state index contributed by atoms with van der Waals surface area (Å²) in [5.74, 6) is -0.778. The predicted octanol–water partition coefficient (Wildman–Crippen LogP) is 2.10. The van der Waals surface area contributed by atoms with Gasteiger partial charge in [0, 0.05) is 18.3 Å². The summed E-state index contributed by atoms with van der Waals surface area (Å²) in [7, 11) is 0. The minimum absolute atomic E-state index is 0.0655. The molecule has 0 aliphatic heterocycles. The first-order valence-electron chi connectivity index (χ1n) is 4.48. The Balaban J connectivity index is 4.00. The standard InChI is InChI=1S/C10H18O3/c1-7(6-9(12)13)5-8(11)10(2,3)4/h7H,5-6H2,1-4H3,(H,12,13). The van der Waals surface area contributed by atoms with Crippen LogP contribution in [0.2, 0.25) is 0 Å². The van der Waals surface area contributed by atoms with E-state index in [2.05, 4.69) is 0 Å². The number of hydrogen-bond acceptors (Lipinski definition) is 2. The smallest absolute Gasteiger partial charge is 0.303 e. The number of carbonyl (C=O) groups is 2. The van der Waals surface area contributed by atoms with Crippen LogP contribution in [0.25, 0.3) is 0 Å². The van der Waals surface area contributed by atoms with Crippen LogP contribution in [0.5, 0.6) is 0 Å². The summed E-state index contributed by atoms with van der Waals surface area (Å²) in [6.07, 6.45) is 0.428. The van der Waals surface area contributed by atoms with Gasteiger partial charge in [0.25, 0.3) is 0 Å². The van der Waals surface area contributed by atoms with Gasteiger partial charge in [-0.25, -0.2) is 0 Å². The molecule has 0 saturated carbocycles. The van der Waals surface area contributed by atoms with Gasteiger partial charge in [-0.3, -0.25) is 9.59 Å². The molecule has 0 aromatic carbocycles. The van der Waals surface area contributed by atoms with Gasteiger partial charge in [-0.15, -0.1) is 0 Å². The molecule has 0 amide bonds. The van der Waals surface area contributed by atoms with Crippen molar-refractivity contribution in [3.8, 4) is 0 Å². The van der Waals surface area contributed by atoms with Crippen molar-refractivity contribution in [3.05, 3.63) is 0 Å². The topological polar surface area (TPSA) is 54.4 Å². The number of carboxylic acid groups (broad SMARTS) is 1. The van der Waals surface area contributed by atoms with Gasteiger partial charge in [-0.05, 0) is 5.92 Å². The first-order valence-corrected chi connectivity index (χ1v) is 4.48. The molecule has 3 nitrogen and oxygen atoms in total. The van der Waals surface area contributed by atoms with Crippen LogP contribution in [0, 0.1) is 11.3 Å². The summed E-state index contributed by atoms with van der Waals surface area (Å²) < 4.78 is 0. The van der Waals surface area contributed by atoms with Crippen molar-refractivity contribution < 1.29 is 14.7 Å². The minimum Gasteiger partial charge on any atom is -0.481 e. The summed E-state index contributed by atoms with van der Waals surface area (Å²) in [5, 5.41) is 8.49. The van der Waals surface area contributed by atoms with Gasteiger partial charge in [-0.1, -0.05) is 27.7 Å². The number of ketones is 1. The fourth-order valence-corrected chi connectivity index (χ4v) is 0.993. The molecule has 0 fully saturated rings. The van der Waals surface area contributed by atoms with E-state index in [0.29, 0.717) is 6.42 Å². The van der Waals surface area contributed by atoms with Crippen LogP contribution in [-0.4, -0.2) is 16.9 Å². The molecule has 0 heterocycles. The monoisotopic (exact) mass is 186 g/mol. The maximum Gasteiger partial charge on any atom is 0.303 e. The Morgan fingerprint density at radius 2 is 1.69 bits per heavy atom. The molecule has 0 spiro atoms. The van der Waals surface area contributed by atoms with Crippen molar-refractivity contribution in [3.63, 3.8) is 0 Å². The predicted molar refractivity (Wildman–Crippen MR) is 50.5 cm³/mol. The van der Waals surface area contributed by atoms with Gasteiger partial charge in [0.05, 0.1) is 0 Å². The highest BCUT2D eigenvalue weighted by Crippen LogP contribution is 2.20. The molecule has 0 saturated heterocycles. The second kappa shape index (κ2) is 4.40. The molecule has 0 aromatic rings. The molecule has 0 aliphatic carbocycles.